The summed E-state index contributed by atoms with van der Waals surface area (Å²) < 4.78 is 5.14. The molecule has 5 nitrogen and oxygen atoms in total. The van der Waals surface area contributed by atoms with Gasteiger partial charge in [-0.05, 0) is 43.7 Å². The maximum atomic E-state index is 12.9. The van der Waals surface area contributed by atoms with Crippen LogP contribution in [0.2, 0.25) is 5.02 Å². The minimum atomic E-state index is -0.123. The first-order valence-electron chi connectivity index (χ1n) is 7.88. The number of nitrogens with one attached hydrogen (secondary N) is 1. The number of ether oxygens (including phenoxy) is 1. The minimum Gasteiger partial charge on any atom is -0.495 e. The Kier molecular flexibility index (Phi) is 5.15. The summed E-state index contributed by atoms with van der Waals surface area (Å²) in [6, 6.07) is 11.1. The number of carbonyl (C=O) groups is 1. The molecule has 0 unspecified atom stereocenters. The number of aryl methyl sites for hydroxylation is 2. The molecule has 0 spiro atoms. The summed E-state index contributed by atoms with van der Waals surface area (Å²) in [6.07, 6.45) is 0. The largest absolute Gasteiger partial charge is 0.495 e. The van der Waals surface area contributed by atoms with E-state index >= 15 is 0 Å². The fourth-order valence-electron chi connectivity index (χ4n) is 2.52. The van der Waals surface area contributed by atoms with Gasteiger partial charge in [0.25, 0.3) is 0 Å². The molecule has 3 aromatic rings. The molecule has 0 fully saturated rings. The highest BCUT2D eigenvalue weighted by atomic mass is 35.5. The van der Waals surface area contributed by atoms with Crippen molar-refractivity contribution in [2.75, 3.05) is 18.2 Å². The Balaban J connectivity index is 1.88. The highest BCUT2D eigenvalue weighted by Gasteiger charge is 2.20. The van der Waals surface area contributed by atoms with Crippen LogP contribution in [-0.4, -0.2) is 17.9 Å². The lowest BCUT2D eigenvalue weighted by Gasteiger charge is -2.06. The summed E-state index contributed by atoms with van der Waals surface area (Å²) in [6.45, 7) is 3.86. The molecular formula is C19H18ClN3O2S. The van der Waals surface area contributed by atoms with Gasteiger partial charge >= 0.3 is 0 Å². The molecule has 134 valence electrons. The van der Waals surface area contributed by atoms with Crippen LogP contribution in [0.3, 0.4) is 0 Å². The molecule has 7 heteroatoms. The number of hydrogen-bond donors (Lipinski definition) is 2. The first-order valence-corrected chi connectivity index (χ1v) is 9.07. The number of carbonyl (C=O) groups excluding carboxylic acids is 1. The van der Waals surface area contributed by atoms with Crippen LogP contribution in [0.4, 0.5) is 16.6 Å². The van der Waals surface area contributed by atoms with Crippen molar-refractivity contribution in [2.45, 2.75) is 13.8 Å². The summed E-state index contributed by atoms with van der Waals surface area (Å²) in [5.74, 6) is 0.673. The third-order valence-electron chi connectivity index (χ3n) is 3.90. The average molecular weight is 388 g/mol. The zero-order chi connectivity index (χ0) is 18.8. The van der Waals surface area contributed by atoms with E-state index in [1.807, 2.05) is 38.1 Å². The van der Waals surface area contributed by atoms with E-state index in [4.69, 9.17) is 22.1 Å². The van der Waals surface area contributed by atoms with E-state index in [2.05, 4.69) is 10.3 Å². The summed E-state index contributed by atoms with van der Waals surface area (Å²) in [5, 5.41) is 4.13. The quantitative estimate of drug-likeness (QED) is 0.604. The number of nitrogen functional groups attached to an aromatic ring is 1. The van der Waals surface area contributed by atoms with Crippen LogP contribution < -0.4 is 15.8 Å². The maximum Gasteiger partial charge on any atom is 0.207 e. The van der Waals surface area contributed by atoms with Crippen molar-refractivity contribution in [3.8, 4) is 5.75 Å². The number of aromatic nitrogens is 1. The van der Waals surface area contributed by atoms with E-state index in [1.165, 1.54) is 11.3 Å². The van der Waals surface area contributed by atoms with E-state index < -0.39 is 0 Å². The molecule has 1 aromatic heterocycles. The second-order valence-corrected chi connectivity index (χ2v) is 7.26. The summed E-state index contributed by atoms with van der Waals surface area (Å²) >= 11 is 7.35. The number of nitrogens with zero attached hydrogens (tertiary/aromatic N) is 1. The molecule has 0 atom stereocenters. The SMILES string of the molecule is COc1ccc(Nc2nc(N)c(C(=O)c3cc(C)ccc3C)s2)cc1Cl. The van der Waals surface area contributed by atoms with Gasteiger partial charge in [-0.15, -0.1) is 0 Å². The number of halogens is 1. The monoisotopic (exact) mass is 387 g/mol. The molecule has 0 amide bonds. The number of hydrogen-bond acceptors (Lipinski definition) is 6. The number of rotatable bonds is 5. The topological polar surface area (TPSA) is 77.2 Å². The van der Waals surface area contributed by atoms with E-state index in [1.54, 1.807) is 19.2 Å². The Hall–Kier alpha value is -2.57. The van der Waals surface area contributed by atoms with Crippen LogP contribution in [0.5, 0.6) is 5.75 Å². The highest BCUT2D eigenvalue weighted by Crippen LogP contribution is 2.33. The second kappa shape index (κ2) is 7.35. The van der Waals surface area contributed by atoms with Gasteiger partial charge in [-0.2, -0.15) is 0 Å². The molecule has 3 rings (SSSR count). The van der Waals surface area contributed by atoms with Gasteiger partial charge in [-0.1, -0.05) is 40.6 Å². The van der Waals surface area contributed by atoms with Gasteiger partial charge in [-0.25, -0.2) is 4.98 Å². The van der Waals surface area contributed by atoms with Gasteiger partial charge in [0.1, 0.15) is 16.4 Å². The predicted molar refractivity (Wildman–Crippen MR) is 107 cm³/mol. The van der Waals surface area contributed by atoms with Crippen molar-refractivity contribution in [3.05, 3.63) is 63.0 Å². The molecule has 3 N–H and O–H groups in total. The standard InChI is InChI=1S/C19H18ClN3O2S/c1-10-4-5-11(2)13(8-10)16(24)17-18(21)23-19(26-17)22-12-6-7-15(25-3)14(20)9-12/h4-9H,21H2,1-3H3,(H,22,23). The molecule has 0 aliphatic heterocycles. The van der Waals surface area contributed by atoms with Crippen molar-refractivity contribution in [2.24, 2.45) is 0 Å². The number of ketones is 1. The van der Waals surface area contributed by atoms with Crippen molar-refractivity contribution in [1.29, 1.82) is 0 Å². The lowest BCUT2D eigenvalue weighted by atomic mass is 10.0. The van der Waals surface area contributed by atoms with Crippen LogP contribution in [0.25, 0.3) is 0 Å². The zero-order valence-corrected chi connectivity index (χ0v) is 16.2. The third-order valence-corrected chi connectivity index (χ3v) is 5.18. The number of thiazole rings is 1. The molecule has 26 heavy (non-hydrogen) atoms. The lowest BCUT2D eigenvalue weighted by Crippen LogP contribution is -2.05. The Morgan fingerprint density at radius 3 is 2.69 bits per heavy atom. The van der Waals surface area contributed by atoms with Gasteiger partial charge in [0.2, 0.25) is 5.78 Å². The normalized spacial score (nSPS) is 10.6. The van der Waals surface area contributed by atoms with Gasteiger partial charge in [-0.3, -0.25) is 4.79 Å². The fraction of sp³-hybridized carbons (Fsp3) is 0.158. The number of methoxy groups -OCH3 is 1. The Morgan fingerprint density at radius 2 is 2.00 bits per heavy atom. The molecule has 0 saturated heterocycles. The van der Waals surface area contributed by atoms with Crippen LogP contribution in [0, 0.1) is 13.8 Å². The molecule has 0 radical (unpaired) electrons. The molecule has 0 aliphatic rings. The number of anilines is 3. The minimum absolute atomic E-state index is 0.123. The van der Waals surface area contributed by atoms with E-state index in [9.17, 15) is 4.79 Å². The zero-order valence-electron chi connectivity index (χ0n) is 14.6. The molecule has 0 bridgehead atoms. The lowest BCUT2D eigenvalue weighted by molar-refractivity contribution is 0.104. The predicted octanol–water partition coefficient (Wildman–Crippen LogP) is 4.98. The van der Waals surface area contributed by atoms with Gasteiger partial charge < -0.3 is 15.8 Å². The van der Waals surface area contributed by atoms with Gasteiger partial charge in [0, 0.05) is 11.3 Å². The Morgan fingerprint density at radius 1 is 1.23 bits per heavy atom. The number of benzene rings is 2. The first kappa shape index (κ1) is 18.2. The Labute approximate surface area is 160 Å². The van der Waals surface area contributed by atoms with Gasteiger partial charge in [0.15, 0.2) is 5.13 Å². The molecule has 1 heterocycles. The van der Waals surface area contributed by atoms with Crippen LogP contribution >= 0.6 is 22.9 Å². The summed E-state index contributed by atoms with van der Waals surface area (Å²) in [4.78, 5) is 17.6. The number of nitrogens with two attached hydrogens (primary N) is 1. The van der Waals surface area contributed by atoms with Crippen molar-refractivity contribution >= 4 is 45.4 Å². The smallest absolute Gasteiger partial charge is 0.207 e. The molecule has 2 aromatic carbocycles. The third kappa shape index (κ3) is 3.66. The van der Waals surface area contributed by atoms with Crippen LogP contribution in [0.1, 0.15) is 26.4 Å². The Bertz CT molecular complexity index is 985. The van der Waals surface area contributed by atoms with Crippen molar-refractivity contribution < 1.29 is 9.53 Å². The van der Waals surface area contributed by atoms with Crippen molar-refractivity contribution in [1.82, 2.24) is 4.98 Å². The fourth-order valence-corrected chi connectivity index (χ4v) is 3.64. The van der Waals surface area contributed by atoms with Crippen LogP contribution in [0.15, 0.2) is 36.4 Å². The average Bonchev–Trinajstić information content (AvgIpc) is 2.97. The van der Waals surface area contributed by atoms with Gasteiger partial charge in [0.05, 0.1) is 12.1 Å². The van der Waals surface area contributed by atoms with Crippen molar-refractivity contribution in [3.63, 3.8) is 0 Å². The van der Waals surface area contributed by atoms with E-state index in [-0.39, 0.29) is 11.6 Å². The summed E-state index contributed by atoms with van der Waals surface area (Å²) in [5.41, 5.74) is 9.29. The van der Waals surface area contributed by atoms with E-state index in [0.29, 0.717) is 26.3 Å². The van der Waals surface area contributed by atoms with Crippen LogP contribution in [-0.2, 0) is 0 Å². The molecular weight excluding hydrogens is 370 g/mol. The summed E-state index contributed by atoms with van der Waals surface area (Å²) in [7, 11) is 1.56. The first-order chi connectivity index (χ1) is 12.4. The molecule has 0 aliphatic carbocycles. The highest BCUT2D eigenvalue weighted by molar-refractivity contribution is 7.18. The molecule has 0 saturated carbocycles. The maximum absolute atomic E-state index is 12.9. The second-order valence-electron chi connectivity index (χ2n) is 5.86. The van der Waals surface area contributed by atoms with E-state index in [0.717, 1.165) is 16.8 Å².